The summed E-state index contributed by atoms with van der Waals surface area (Å²) in [5.41, 5.74) is 1.26. The minimum absolute atomic E-state index is 0.0202. The summed E-state index contributed by atoms with van der Waals surface area (Å²) in [5, 5.41) is 6.90. The van der Waals surface area contributed by atoms with Crippen LogP contribution in [-0.2, 0) is 10.2 Å². The minimum Gasteiger partial charge on any atom is -0.356 e. The van der Waals surface area contributed by atoms with Crippen LogP contribution in [0.3, 0.4) is 0 Å². The molecule has 0 bridgehead atoms. The summed E-state index contributed by atoms with van der Waals surface area (Å²) >= 11 is 3.49. The normalized spacial score (nSPS) is 18.3. The molecule has 1 fully saturated rings. The number of likely N-dealkylation sites (tertiary alicyclic amines) is 1. The third-order valence-electron chi connectivity index (χ3n) is 4.88. The molecule has 1 saturated heterocycles. The molecule has 0 saturated carbocycles. The highest BCUT2D eigenvalue weighted by Crippen LogP contribution is 2.24. The summed E-state index contributed by atoms with van der Waals surface area (Å²) < 4.78 is 1.09. The molecule has 1 atom stereocenters. The minimum atomic E-state index is -0.0202. The van der Waals surface area contributed by atoms with Crippen molar-refractivity contribution in [2.24, 2.45) is 10.9 Å². The lowest BCUT2D eigenvalue weighted by molar-refractivity contribution is -0.133. The second-order valence-corrected chi connectivity index (χ2v) is 8.80. The molecule has 144 valence electrons. The summed E-state index contributed by atoms with van der Waals surface area (Å²) in [6.45, 7) is 10.7. The first-order chi connectivity index (χ1) is 12.2. The Morgan fingerprint density at radius 3 is 2.58 bits per heavy atom. The van der Waals surface area contributed by atoms with Crippen LogP contribution in [0.15, 0.2) is 33.7 Å². The van der Waals surface area contributed by atoms with Crippen molar-refractivity contribution in [2.75, 3.05) is 26.7 Å². The second-order valence-electron chi connectivity index (χ2n) is 7.89. The number of nitrogens with zero attached hydrogens (tertiary/aromatic N) is 2. The summed E-state index contributed by atoms with van der Waals surface area (Å²) in [6.07, 6.45) is 0.954. The first kappa shape index (κ1) is 20.7. The summed E-state index contributed by atoms with van der Waals surface area (Å²) in [6, 6.07) is 8.69. The van der Waals surface area contributed by atoms with E-state index in [1.54, 1.807) is 7.05 Å². The number of hydrogen-bond acceptors (Lipinski definition) is 2. The summed E-state index contributed by atoms with van der Waals surface area (Å²) in [5.74, 6) is 1.07. The molecule has 6 heteroatoms. The van der Waals surface area contributed by atoms with Gasteiger partial charge in [0.1, 0.15) is 0 Å². The number of aliphatic imine (C=N–C) groups is 1. The highest BCUT2D eigenvalue weighted by Gasteiger charge is 2.28. The summed E-state index contributed by atoms with van der Waals surface area (Å²) in [4.78, 5) is 18.4. The quantitative estimate of drug-likeness (QED) is 0.565. The van der Waals surface area contributed by atoms with Crippen LogP contribution in [0.1, 0.15) is 39.7 Å². The van der Waals surface area contributed by atoms with E-state index in [1.165, 1.54) is 5.56 Å². The zero-order valence-electron chi connectivity index (χ0n) is 16.5. The fourth-order valence-corrected chi connectivity index (χ4v) is 3.40. The van der Waals surface area contributed by atoms with Crippen LogP contribution >= 0.6 is 15.9 Å². The van der Waals surface area contributed by atoms with Crippen LogP contribution in [0.5, 0.6) is 0 Å². The van der Waals surface area contributed by atoms with Gasteiger partial charge < -0.3 is 15.5 Å². The number of carbonyl (C=O) groups excluding carboxylic acids is 1. The average Bonchev–Trinajstić information content (AvgIpc) is 3.06. The number of guanidine groups is 1. The maximum absolute atomic E-state index is 12.1. The molecule has 1 aliphatic heterocycles. The molecule has 5 nitrogen and oxygen atoms in total. The molecule has 2 rings (SSSR count). The zero-order valence-corrected chi connectivity index (χ0v) is 18.1. The molecule has 1 heterocycles. The van der Waals surface area contributed by atoms with Crippen molar-refractivity contribution in [1.82, 2.24) is 15.5 Å². The van der Waals surface area contributed by atoms with E-state index in [0.29, 0.717) is 0 Å². The van der Waals surface area contributed by atoms with Gasteiger partial charge in [-0.2, -0.15) is 0 Å². The molecule has 1 aromatic carbocycles. The van der Waals surface area contributed by atoms with Gasteiger partial charge in [0.2, 0.25) is 5.91 Å². The molecule has 1 amide bonds. The second kappa shape index (κ2) is 8.89. The first-order valence-electron chi connectivity index (χ1n) is 9.25. The molecule has 0 aliphatic carbocycles. The molecular formula is C20H31BrN4O. The third kappa shape index (κ3) is 5.47. The first-order valence-corrected chi connectivity index (χ1v) is 10.0. The summed E-state index contributed by atoms with van der Waals surface area (Å²) in [7, 11) is 1.79. The van der Waals surface area contributed by atoms with E-state index < -0.39 is 0 Å². The molecule has 1 aromatic rings. The Kier molecular flexibility index (Phi) is 7.09. The Labute approximate surface area is 165 Å². The Bertz CT molecular complexity index is 640. The predicted molar refractivity (Wildman–Crippen MR) is 111 cm³/mol. The molecule has 26 heavy (non-hydrogen) atoms. The van der Waals surface area contributed by atoms with Crippen molar-refractivity contribution in [2.45, 2.75) is 45.6 Å². The standard InChI is InChI=1S/C20H31BrN4O/c1-14(2)18(26)25-11-10-17(12-25)24-19(22-5)23-13-20(3,4)15-6-8-16(21)9-7-15/h6-9,14,17H,10-13H2,1-5H3,(H2,22,23,24). The maximum Gasteiger partial charge on any atom is 0.225 e. The fraction of sp³-hybridized carbons (Fsp3) is 0.600. The molecule has 0 aromatic heterocycles. The average molecular weight is 423 g/mol. The van der Waals surface area contributed by atoms with Gasteiger partial charge in [0.25, 0.3) is 0 Å². The van der Waals surface area contributed by atoms with Crippen molar-refractivity contribution in [1.29, 1.82) is 0 Å². The molecule has 1 unspecified atom stereocenters. The topological polar surface area (TPSA) is 56.7 Å². The third-order valence-corrected chi connectivity index (χ3v) is 5.41. The number of benzene rings is 1. The Hall–Kier alpha value is -1.56. The van der Waals surface area contributed by atoms with E-state index >= 15 is 0 Å². The van der Waals surface area contributed by atoms with E-state index in [1.807, 2.05) is 18.7 Å². The van der Waals surface area contributed by atoms with Gasteiger partial charge >= 0.3 is 0 Å². The van der Waals surface area contributed by atoms with Crippen molar-refractivity contribution < 1.29 is 4.79 Å². The van der Waals surface area contributed by atoms with Crippen molar-refractivity contribution in [3.05, 3.63) is 34.3 Å². The van der Waals surface area contributed by atoms with E-state index in [9.17, 15) is 4.79 Å². The highest BCUT2D eigenvalue weighted by atomic mass is 79.9. The van der Waals surface area contributed by atoms with Crippen molar-refractivity contribution in [3.63, 3.8) is 0 Å². The monoisotopic (exact) mass is 422 g/mol. The molecular weight excluding hydrogens is 392 g/mol. The van der Waals surface area contributed by atoms with Crippen LogP contribution in [0.2, 0.25) is 0 Å². The number of nitrogens with one attached hydrogen (secondary N) is 2. The van der Waals surface area contributed by atoms with Gasteiger partial charge in [0.15, 0.2) is 5.96 Å². The van der Waals surface area contributed by atoms with Gasteiger partial charge in [-0.1, -0.05) is 55.8 Å². The van der Waals surface area contributed by atoms with Crippen LogP contribution in [-0.4, -0.2) is 49.5 Å². The van der Waals surface area contributed by atoms with Crippen LogP contribution in [0, 0.1) is 5.92 Å². The van der Waals surface area contributed by atoms with Gasteiger partial charge in [0.05, 0.1) is 0 Å². The van der Waals surface area contributed by atoms with Crippen LogP contribution in [0.4, 0.5) is 0 Å². The molecule has 1 aliphatic rings. The van der Waals surface area contributed by atoms with Crippen LogP contribution in [0.25, 0.3) is 0 Å². The zero-order chi connectivity index (χ0) is 19.3. The van der Waals surface area contributed by atoms with Gasteiger partial charge in [0, 0.05) is 48.5 Å². The van der Waals surface area contributed by atoms with Gasteiger partial charge in [-0.25, -0.2) is 0 Å². The Morgan fingerprint density at radius 1 is 1.35 bits per heavy atom. The number of rotatable bonds is 5. The van der Waals surface area contributed by atoms with Gasteiger partial charge in [-0.05, 0) is 24.1 Å². The van der Waals surface area contributed by atoms with Gasteiger partial charge in [-0.3, -0.25) is 9.79 Å². The highest BCUT2D eigenvalue weighted by molar-refractivity contribution is 9.10. The lowest BCUT2D eigenvalue weighted by Crippen LogP contribution is -2.48. The van der Waals surface area contributed by atoms with E-state index in [2.05, 4.69) is 69.7 Å². The lowest BCUT2D eigenvalue weighted by atomic mass is 9.85. The molecule has 2 N–H and O–H groups in total. The Balaban J connectivity index is 1.88. The van der Waals surface area contributed by atoms with E-state index in [-0.39, 0.29) is 23.3 Å². The SMILES string of the molecule is CN=C(NCC(C)(C)c1ccc(Br)cc1)NC1CCN(C(=O)C(C)C)C1. The van der Waals surface area contributed by atoms with Crippen molar-refractivity contribution in [3.8, 4) is 0 Å². The van der Waals surface area contributed by atoms with E-state index in [4.69, 9.17) is 0 Å². The lowest BCUT2D eigenvalue weighted by Gasteiger charge is -2.27. The number of carbonyl (C=O) groups is 1. The Morgan fingerprint density at radius 2 is 2.00 bits per heavy atom. The smallest absolute Gasteiger partial charge is 0.225 e. The van der Waals surface area contributed by atoms with Crippen LogP contribution < -0.4 is 10.6 Å². The number of hydrogen-bond donors (Lipinski definition) is 2. The van der Waals surface area contributed by atoms with Crippen molar-refractivity contribution >= 4 is 27.8 Å². The maximum atomic E-state index is 12.1. The fourth-order valence-electron chi connectivity index (χ4n) is 3.14. The largest absolute Gasteiger partial charge is 0.356 e. The predicted octanol–water partition coefficient (Wildman–Crippen LogP) is 3.15. The van der Waals surface area contributed by atoms with E-state index in [0.717, 1.165) is 36.5 Å². The number of halogens is 1. The van der Waals surface area contributed by atoms with Gasteiger partial charge in [-0.15, -0.1) is 0 Å². The molecule has 0 spiro atoms. The number of amides is 1. The molecule has 0 radical (unpaired) electrons.